The number of methoxy groups -OCH3 is 1. The van der Waals surface area contributed by atoms with Gasteiger partial charge >= 0.3 is 0 Å². The van der Waals surface area contributed by atoms with E-state index in [2.05, 4.69) is 0 Å². The second-order valence-electron chi connectivity index (χ2n) is 5.43. The summed E-state index contributed by atoms with van der Waals surface area (Å²) in [5.41, 5.74) is 1.81. The topological polar surface area (TPSA) is 63.6 Å². The van der Waals surface area contributed by atoms with E-state index in [-0.39, 0.29) is 30.2 Å². The minimum Gasteiger partial charge on any atom is -0.504 e. The zero-order chi connectivity index (χ0) is 17.4. The third-order valence-corrected chi connectivity index (χ3v) is 3.57. The van der Waals surface area contributed by atoms with E-state index < -0.39 is 0 Å². The largest absolute Gasteiger partial charge is 0.504 e. The van der Waals surface area contributed by atoms with Crippen molar-refractivity contribution in [1.82, 2.24) is 0 Å². The molecule has 0 amide bonds. The van der Waals surface area contributed by atoms with E-state index >= 15 is 0 Å². The maximum absolute atomic E-state index is 11.9. The molecule has 0 saturated carbocycles. The van der Waals surface area contributed by atoms with Gasteiger partial charge in [0.15, 0.2) is 17.3 Å². The van der Waals surface area contributed by atoms with E-state index in [0.29, 0.717) is 12.2 Å². The molecule has 2 aromatic carbocycles. The van der Waals surface area contributed by atoms with Gasteiger partial charge in [-0.2, -0.15) is 0 Å². The van der Waals surface area contributed by atoms with E-state index in [1.807, 2.05) is 30.3 Å². The highest BCUT2D eigenvalue weighted by Crippen LogP contribution is 2.26. The van der Waals surface area contributed by atoms with Crippen molar-refractivity contribution >= 4 is 17.6 Å². The normalized spacial score (nSPS) is 10.7. The molecule has 0 heterocycles. The first-order chi connectivity index (χ1) is 11.6. The number of benzene rings is 2. The van der Waals surface area contributed by atoms with Crippen molar-refractivity contribution in [2.75, 3.05) is 7.11 Å². The number of hydrogen-bond acceptors (Lipinski definition) is 4. The second kappa shape index (κ2) is 8.67. The molecule has 0 spiro atoms. The van der Waals surface area contributed by atoms with Crippen molar-refractivity contribution < 1.29 is 19.4 Å². The van der Waals surface area contributed by atoms with Crippen LogP contribution < -0.4 is 4.74 Å². The van der Waals surface area contributed by atoms with Crippen molar-refractivity contribution in [1.29, 1.82) is 0 Å². The molecule has 0 aromatic heterocycles. The first-order valence-electron chi connectivity index (χ1n) is 7.72. The van der Waals surface area contributed by atoms with Crippen molar-refractivity contribution in [3.05, 3.63) is 65.7 Å². The molecule has 0 aliphatic carbocycles. The molecule has 0 bridgehead atoms. The van der Waals surface area contributed by atoms with Crippen molar-refractivity contribution in [2.45, 2.75) is 19.3 Å². The van der Waals surface area contributed by atoms with Gasteiger partial charge in [0.1, 0.15) is 5.78 Å². The van der Waals surface area contributed by atoms with E-state index in [1.165, 1.54) is 19.3 Å². The maximum Gasteiger partial charge on any atom is 0.163 e. The number of carbonyl (C=O) groups is 2. The fourth-order valence-electron chi connectivity index (χ4n) is 2.26. The Labute approximate surface area is 141 Å². The number of hydrogen-bond donors (Lipinski definition) is 1. The Balaban J connectivity index is 1.82. The van der Waals surface area contributed by atoms with Crippen LogP contribution >= 0.6 is 0 Å². The first kappa shape index (κ1) is 17.5. The van der Waals surface area contributed by atoms with Crippen LogP contribution in [0.4, 0.5) is 0 Å². The Morgan fingerprint density at radius 3 is 2.58 bits per heavy atom. The fourth-order valence-corrected chi connectivity index (χ4v) is 2.26. The van der Waals surface area contributed by atoms with Gasteiger partial charge in [-0.05, 0) is 35.8 Å². The highest BCUT2D eigenvalue weighted by atomic mass is 16.5. The molecule has 0 aliphatic rings. The summed E-state index contributed by atoms with van der Waals surface area (Å²) in [6.45, 7) is 0. The van der Waals surface area contributed by atoms with E-state index in [4.69, 9.17) is 4.74 Å². The van der Waals surface area contributed by atoms with E-state index in [1.54, 1.807) is 18.2 Å². The molecule has 4 nitrogen and oxygen atoms in total. The predicted molar refractivity (Wildman–Crippen MR) is 93.1 cm³/mol. The quantitative estimate of drug-likeness (QED) is 0.595. The van der Waals surface area contributed by atoms with Gasteiger partial charge in [0.2, 0.25) is 0 Å². The standard InChI is InChI=1S/C20H20O4/c1-24-20-13-16(9-12-19(20)23)8-11-18(22)14-17(21)10-7-15-5-3-2-4-6-15/h2-7,9-10,12-13,23H,8,11,14H2,1H3. The number of aryl methyl sites for hydroxylation is 1. The molecule has 4 heteroatoms. The highest BCUT2D eigenvalue weighted by molar-refractivity contribution is 6.06. The molecule has 1 N–H and O–H groups in total. The van der Waals surface area contributed by atoms with Crippen LogP contribution in [0.15, 0.2) is 54.6 Å². The lowest BCUT2D eigenvalue weighted by molar-refractivity contribution is -0.124. The second-order valence-corrected chi connectivity index (χ2v) is 5.43. The fraction of sp³-hybridized carbons (Fsp3) is 0.200. The minimum absolute atomic E-state index is 0.0637. The Kier molecular flexibility index (Phi) is 6.32. The molecular weight excluding hydrogens is 304 g/mol. The highest BCUT2D eigenvalue weighted by Gasteiger charge is 2.09. The summed E-state index contributed by atoms with van der Waals surface area (Å²) >= 11 is 0. The Morgan fingerprint density at radius 2 is 1.88 bits per heavy atom. The Bertz CT molecular complexity index is 733. The zero-order valence-corrected chi connectivity index (χ0v) is 13.6. The summed E-state index contributed by atoms with van der Waals surface area (Å²) in [5.74, 6) is 0.132. The van der Waals surface area contributed by atoms with Crippen LogP contribution in [0.2, 0.25) is 0 Å². The smallest absolute Gasteiger partial charge is 0.163 e. The Hall–Kier alpha value is -2.88. The summed E-state index contributed by atoms with van der Waals surface area (Å²) in [4.78, 5) is 23.7. The van der Waals surface area contributed by atoms with Gasteiger partial charge < -0.3 is 9.84 Å². The summed E-state index contributed by atoms with van der Waals surface area (Å²) in [5, 5.41) is 9.54. The monoisotopic (exact) mass is 324 g/mol. The molecule has 0 radical (unpaired) electrons. The van der Waals surface area contributed by atoms with Gasteiger partial charge in [-0.1, -0.05) is 42.5 Å². The van der Waals surface area contributed by atoms with E-state index in [9.17, 15) is 14.7 Å². The third kappa shape index (κ3) is 5.39. The number of phenols is 1. The van der Waals surface area contributed by atoms with Crippen LogP contribution in [0.5, 0.6) is 11.5 Å². The van der Waals surface area contributed by atoms with Crippen LogP contribution in [0.3, 0.4) is 0 Å². The molecule has 0 unspecified atom stereocenters. The first-order valence-corrected chi connectivity index (χ1v) is 7.72. The number of aromatic hydroxyl groups is 1. The summed E-state index contributed by atoms with van der Waals surface area (Å²) in [6.07, 6.45) is 3.83. The molecule has 24 heavy (non-hydrogen) atoms. The molecule has 124 valence electrons. The zero-order valence-electron chi connectivity index (χ0n) is 13.6. The molecule has 2 aromatic rings. The van der Waals surface area contributed by atoms with Crippen LogP contribution in [0, 0.1) is 0 Å². The van der Waals surface area contributed by atoms with Gasteiger partial charge in [-0.3, -0.25) is 9.59 Å². The van der Waals surface area contributed by atoms with Gasteiger partial charge in [0.25, 0.3) is 0 Å². The average Bonchev–Trinajstić information content (AvgIpc) is 2.60. The third-order valence-electron chi connectivity index (χ3n) is 3.57. The molecule has 0 saturated heterocycles. The maximum atomic E-state index is 11.9. The molecule has 0 atom stereocenters. The van der Waals surface area contributed by atoms with Crippen LogP contribution in [0.25, 0.3) is 6.08 Å². The Morgan fingerprint density at radius 1 is 1.12 bits per heavy atom. The van der Waals surface area contributed by atoms with Crippen LogP contribution in [-0.2, 0) is 16.0 Å². The molecule has 0 fully saturated rings. The summed E-state index contributed by atoms with van der Waals surface area (Å²) in [6, 6.07) is 14.4. The molecular formula is C20H20O4. The number of ether oxygens (including phenoxy) is 1. The van der Waals surface area contributed by atoms with Gasteiger partial charge in [-0.15, -0.1) is 0 Å². The number of allylic oxidation sites excluding steroid dienone is 1. The average molecular weight is 324 g/mol. The van der Waals surface area contributed by atoms with Crippen LogP contribution in [0.1, 0.15) is 24.0 Å². The van der Waals surface area contributed by atoms with Crippen molar-refractivity contribution in [2.24, 2.45) is 0 Å². The lowest BCUT2D eigenvalue weighted by atomic mass is 10.0. The summed E-state index contributed by atoms with van der Waals surface area (Å²) in [7, 11) is 1.47. The SMILES string of the molecule is COc1cc(CCC(=O)CC(=O)C=Cc2ccccc2)ccc1O. The van der Waals surface area contributed by atoms with Crippen molar-refractivity contribution in [3.8, 4) is 11.5 Å². The number of Topliss-reactive ketones (excluding diaryl/α,β-unsaturated/α-hetero) is 1. The van der Waals surface area contributed by atoms with Gasteiger partial charge in [0, 0.05) is 6.42 Å². The van der Waals surface area contributed by atoms with Crippen LogP contribution in [-0.4, -0.2) is 23.8 Å². The molecule has 0 aliphatic heterocycles. The van der Waals surface area contributed by atoms with E-state index in [0.717, 1.165) is 11.1 Å². The lowest BCUT2D eigenvalue weighted by Gasteiger charge is -2.06. The molecule has 2 rings (SSSR count). The summed E-state index contributed by atoms with van der Waals surface area (Å²) < 4.78 is 5.03. The van der Waals surface area contributed by atoms with Gasteiger partial charge in [0.05, 0.1) is 13.5 Å². The number of carbonyl (C=O) groups excluding carboxylic acids is 2. The number of phenolic OH excluding ortho intramolecular Hbond substituents is 1. The van der Waals surface area contributed by atoms with Crippen molar-refractivity contribution in [3.63, 3.8) is 0 Å². The lowest BCUT2D eigenvalue weighted by Crippen LogP contribution is -2.06. The predicted octanol–water partition coefficient (Wildman–Crippen LogP) is 3.58. The number of rotatable bonds is 8. The van der Waals surface area contributed by atoms with Gasteiger partial charge in [-0.25, -0.2) is 0 Å². The minimum atomic E-state index is -0.202. The number of ketones is 2.